The van der Waals surface area contributed by atoms with Crippen LogP contribution in [0, 0.1) is 5.92 Å². The van der Waals surface area contributed by atoms with Gasteiger partial charge in [-0.3, -0.25) is 9.69 Å². The molecule has 1 aromatic heterocycles. The van der Waals surface area contributed by atoms with Crippen LogP contribution < -0.4 is 10.2 Å². The smallest absolute Gasteiger partial charge is 0.217 e. The maximum absolute atomic E-state index is 11.3. The van der Waals surface area contributed by atoms with Gasteiger partial charge in [-0.25, -0.2) is 9.97 Å². The molecule has 2 aliphatic rings. The molecule has 1 aromatic rings. The summed E-state index contributed by atoms with van der Waals surface area (Å²) in [6.45, 7) is 16.9. The van der Waals surface area contributed by atoms with E-state index in [0.29, 0.717) is 12.5 Å². The number of carbonyl (C=O) groups excluding carboxylic acids is 1. The van der Waals surface area contributed by atoms with Crippen molar-refractivity contribution in [1.82, 2.24) is 20.2 Å². The molecule has 0 atom stereocenters. The molecule has 2 fully saturated rings. The van der Waals surface area contributed by atoms with Crippen molar-refractivity contribution in [3.63, 3.8) is 0 Å². The maximum Gasteiger partial charge on any atom is 0.217 e. The molecular formula is C26H45N5O2. The minimum atomic E-state index is -0.791. The SMILES string of the molecule is CC(=O)NC1CCC(CCN2CCN(c3cc(CC(C)(C)O)nc(C(C)(C)C)n3)CC2)CC1. The van der Waals surface area contributed by atoms with E-state index < -0.39 is 5.60 Å². The van der Waals surface area contributed by atoms with Crippen molar-refractivity contribution in [1.29, 1.82) is 0 Å². The summed E-state index contributed by atoms with van der Waals surface area (Å²) in [7, 11) is 0. The molecule has 0 bridgehead atoms. The van der Waals surface area contributed by atoms with E-state index >= 15 is 0 Å². The first-order valence-corrected chi connectivity index (χ1v) is 12.7. The fourth-order valence-electron chi connectivity index (χ4n) is 4.96. The Morgan fingerprint density at radius 3 is 2.24 bits per heavy atom. The molecule has 1 saturated carbocycles. The standard InChI is InChI=1S/C26H45N5O2/c1-19(32)27-21-9-7-20(8-10-21)11-12-30-13-15-31(16-14-30)23-17-22(18-26(5,6)33)28-24(29-23)25(2,3)4/h17,20-21,33H,7-16,18H2,1-6H3,(H,27,32). The number of aromatic nitrogens is 2. The zero-order valence-corrected chi connectivity index (χ0v) is 21.7. The Kier molecular flexibility index (Phi) is 8.38. The van der Waals surface area contributed by atoms with E-state index in [4.69, 9.17) is 9.97 Å². The van der Waals surface area contributed by atoms with Gasteiger partial charge in [-0.15, -0.1) is 0 Å². The van der Waals surface area contributed by atoms with E-state index in [0.717, 1.165) is 68.8 Å². The highest BCUT2D eigenvalue weighted by Gasteiger charge is 2.26. The fourth-order valence-corrected chi connectivity index (χ4v) is 4.96. The van der Waals surface area contributed by atoms with Gasteiger partial charge in [0.2, 0.25) is 5.91 Å². The molecule has 1 saturated heterocycles. The van der Waals surface area contributed by atoms with Gasteiger partial charge in [-0.2, -0.15) is 0 Å². The second-order valence-electron chi connectivity index (χ2n) is 11.8. The molecule has 1 amide bonds. The molecular weight excluding hydrogens is 414 g/mol. The van der Waals surface area contributed by atoms with E-state index in [-0.39, 0.29) is 11.3 Å². The number of amides is 1. The zero-order valence-electron chi connectivity index (χ0n) is 21.7. The van der Waals surface area contributed by atoms with Gasteiger partial charge < -0.3 is 15.3 Å². The van der Waals surface area contributed by atoms with Crippen molar-refractivity contribution >= 4 is 11.7 Å². The van der Waals surface area contributed by atoms with Crippen LogP contribution in [0.2, 0.25) is 0 Å². The lowest BCUT2D eigenvalue weighted by molar-refractivity contribution is -0.119. The van der Waals surface area contributed by atoms with Gasteiger partial charge in [0.1, 0.15) is 11.6 Å². The van der Waals surface area contributed by atoms with E-state index in [1.165, 1.54) is 19.3 Å². The first-order valence-electron chi connectivity index (χ1n) is 12.7. The predicted molar refractivity (Wildman–Crippen MR) is 134 cm³/mol. The van der Waals surface area contributed by atoms with Crippen molar-refractivity contribution in [2.45, 2.75) is 97.1 Å². The lowest BCUT2D eigenvalue weighted by Gasteiger charge is -2.37. The van der Waals surface area contributed by atoms with Crippen LogP contribution in [0.5, 0.6) is 0 Å². The molecule has 7 heteroatoms. The number of hydrogen-bond donors (Lipinski definition) is 2. The van der Waals surface area contributed by atoms with Gasteiger partial charge >= 0.3 is 0 Å². The van der Waals surface area contributed by atoms with Crippen molar-refractivity contribution in [2.24, 2.45) is 5.92 Å². The Morgan fingerprint density at radius 1 is 1.06 bits per heavy atom. The lowest BCUT2D eigenvalue weighted by atomic mass is 9.84. The van der Waals surface area contributed by atoms with Crippen LogP contribution >= 0.6 is 0 Å². The molecule has 3 rings (SSSR count). The van der Waals surface area contributed by atoms with Crippen LogP contribution in [0.15, 0.2) is 6.07 Å². The van der Waals surface area contributed by atoms with Crippen LogP contribution in [0.25, 0.3) is 0 Å². The van der Waals surface area contributed by atoms with Crippen LogP contribution in [-0.4, -0.2) is 70.2 Å². The quantitative estimate of drug-likeness (QED) is 0.651. The van der Waals surface area contributed by atoms with Crippen LogP contribution in [-0.2, 0) is 16.6 Å². The van der Waals surface area contributed by atoms with Gasteiger partial charge in [0.05, 0.1) is 5.60 Å². The summed E-state index contributed by atoms with van der Waals surface area (Å²) >= 11 is 0. The summed E-state index contributed by atoms with van der Waals surface area (Å²) in [4.78, 5) is 25.9. The average molecular weight is 460 g/mol. The fraction of sp³-hybridized carbons (Fsp3) is 0.808. The summed E-state index contributed by atoms with van der Waals surface area (Å²) < 4.78 is 0. The Morgan fingerprint density at radius 2 is 1.70 bits per heavy atom. The first-order chi connectivity index (χ1) is 15.4. The number of aliphatic hydroxyl groups is 1. The Labute approximate surface area is 200 Å². The van der Waals surface area contributed by atoms with Gasteiger partial charge in [0, 0.05) is 62.7 Å². The Bertz CT molecular complexity index is 783. The molecule has 1 aliphatic carbocycles. The van der Waals surface area contributed by atoms with Crippen molar-refractivity contribution in [3.05, 3.63) is 17.6 Å². The van der Waals surface area contributed by atoms with E-state index in [9.17, 15) is 9.90 Å². The molecule has 0 unspecified atom stereocenters. The normalized spacial score (nSPS) is 22.9. The Balaban J connectivity index is 1.52. The molecule has 2 heterocycles. The van der Waals surface area contributed by atoms with Gasteiger partial charge in [-0.1, -0.05) is 20.8 Å². The number of anilines is 1. The lowest BCUT2D eigenvalue weighted by Crippen LogP contribution is -2.47. The van der Waals surface area contributed by atoms with Gasteiger partial charge in [-0.05, 0) is 58.4 Å². The topological polar surface area (TPSA) is 81.6 Å². The van der Waals surface area contributed by atoms with Crippen LogP contribution in [0.4, 0.5) is 5.82 Å². The molecule has 1 aliphatic heterocycles. The largest absolute Gasteiger partial charge is 0.390 e. The zero-order chi connectivity index (χ0) is 24.2. The maximum atomic E-state index is 11.3. The minimum absolute atomic E-state index is 0.0989. The van der Waals surface area contributed by atoms with E-state index in [2.05, 4.69) is 42.0 Å². The number of carbonyl (C=O) groups is 1. The number of hydrogen-bond acceptors (Lipinski definition) is 6. The first kappa shape index (κ1) is 25.9. The molecule has 2 N–H and O–H groups in total. The summed E-state index contributed by atoms with van der Waals surface area (Å²) in [6, 6.07) is 2.45. The summed E-state index contributed by atoms with van der Waals surface area (Å²) in [6.07, 6.45) is 6.47. The van der Waals surface area contributed by atoms with Crippen LogP contribution in [0.3, 0.4) is 0 Å². The van der Waals surface area contributed by atoms with Crippen molar-refractivity contribution in [2.75, 3.05) is 37.6 Å². The second kappa shape index (κ2) is 10.7. The molecule has 0 aromatic carbocycles. The highest BCUT2D eigenvalue weighted by Crippen LogP contribution is 2.28. The number of nitrogens with zero attached hydrogens (tertiary/aromatic N) is 4. The van der Waals surface area contributed by atoms with E-state index in [1.807, 2.05) is 13.8 Å². The number of nitrogens with one attached hydrogen (secondary N) is 1. The predicted octanol–water partition coefficient (Wildman–Crippen LogP) is 3.29. The Hall–Kier alpha value is -1.73. The summed E-state index contributed by atoms with van der Waals surface area (Å²) in [5.41, 5.74) is -0.0130. The number of rotatable bonds is 7. The summed E-state index contributed by atoms with van der Waals surface area (Å²) in [5.74, 6) is 2.72. The third-order valence-electron chi connectivity index (χ3n) is 6.85. The third kappa shape index (κ3) is 8.21. The molecule has 0 radical (unpaired) electrons. The average Bonchev–Trinajstić information content (AvgIpc) is 2.71. The van der Waals surface area contributed by atoms with Gasteiger partial charge in [0.15, 0.2) is 0 Å². The second-order valence-corrected chi connectivity index (χ2v) is 11.8. The number of piperazine rings is 1. The van der Waals surface area contributed by atoms with Gasteiger partial charge in [0.25, 0.3) is 0 Å². The van der Waals surface area contributed by atoms with Crippen molar-refractivity contribution in [3.8, 4) is 0 Å². The molecule has 7 nitrogen and oxygen atoms in total. The summed E-state index contributed by atoms with van der Waals surface area (Å²) in [5, 5.41) is 13.4. The van der Waals surface area contributed by atoms with E-state index in [1.54, 1.807) is 6.92 Å². The molecule has 33 heavy (non-hydrogen) atoms. The van der Waals surface area contributed by atoms with Crippen molar-refractivity contribution < 1.29 is 9.90 Å². The third-order valence-corrected chi connectivity index (χ3v) is 6.85. The highest BCUT2D eigenvalue weighted by molar-refractivity contribution is 5.73. The molecule has 0 spiro atoms. The minimum Gasteiger partial charge on any atom is -0.390 e. The van der Waals surface area contributed by atoms with Crippen LogP contribution in [0.1, 0.15) is 85.2 Å². The molecule has 186 valence electrons. The highest BCUT2D eigenvalue weighted by atomic mass is 16.3. The monoisotopic (exact) mass is 459 g/mol.